The van der Waals surface area contributed by atoms with Gasteiger partial charge in [0.25, 0.3) is 0 Å². The largest absolute Gasteiger partial charge is 0.497 e. The molecule has 1 saturated heterocycles. The summed E-state index contributed by atoms with van der Waals surface area (Å²) < 4.78 is 11.3. The van der Waals surface area contributed by atoms with Gasteiger partial charge in [0.1, 0.15) is 18.1 Å². The topological polar surface area (TPSA) is 76.1 Å². The highest BCUT2D eigenvalue weighted by Crippen LogP contribution is 2.27. The number of carbonyl (C=O) groups is 2. The Morgan fingerprint density at radius 2 is 2.00 bits per heavy atom. The molecule has 1 amide bonds. The number of carbonyl (C=O) groups excluding carboxylic acids is 1. The predicted octanol–water partition coefficient (Wildman–Crippen LogP) is 2.75. The Kier molecular flexibility index (Phi) is 5.96. The van der Waals surface area contributed by atoms with Crippen LogP contribution in [0.4, 0.5) is 0 Å². The molecule has 0 bridgehead atoms. The third-order valence-electron chi connectivity index (χ3n) is 4.73. The number of benzene rings is 2. The average molecular weight is 369 g/mol. The van der Waals surface area contributed by atoms with E-state index >= 15 is 0 Å². The van der Waals surface area contributed by atoms with Crippen molar-refractivity contribution in [2.45, 2.75) is 19.4 Å². The van der Waals surface area contributed by atoms with Gasteiger partial charge >= 0.3 is 5.97 Å². The Bertz CT molecular complexity index is 805. The van der Waals surface area contributed by atoms with E-state index in [-0.39, 0.29) is 18.9 Å². The van der Waals surface area contributed by atoms with Gasteiger partial charge < -0.3 is 19.5 Å². The van der Waals surface area contributed by atoms with Crippen LogP contribution in [-0.4, -0.2) is 42.1 Å². The summed E-state index contributed by atoms with van der Waals surface area (Å²) in [4.78, 5) is 24.7. The minimum absolute atomic E-state index is 0.0787. The number of carboxylic acid groups (broad SMARTS) is 1. The molecular formula is C21H23NO5. The molecule has 1 atom stereocenters. The summed E-state index contributed by atoms with van der Waals surface area (Å²) >= 11 is 0. The van der Waals surface area contributed by atoms with Crippen LogP contribution >= 0.6 is 0 Å². The molecule has 1 heterocycles. The maximum atomic E-state index is 12.0. The molecule has 0 saturated carbocycles. The number of rotatable bonds is 8. The molecule has 3 rings (SSSR count). The number of ether oxygens (including phenoxy) is 2. The smallest absolute Gasteiger partial charge is 0.308 e. The van der Waals surface area contributed by atoms with Crippen molar-refractivity contribution in [3.63, 3.8) is 0 Å². The molecule has 1 unspecified atom stereocenters. The zero-order valence-electron chi connectivity index (χ0n) is 15.3. The Morgan fingerprint density at radius 3 is 2.67 bits per heavy atom. The number of aliphatic carboxylic acids is 1. The van der Waals surface area contributed by atoms with E-state index < -0.39 is 11.9 Å². The molecule has 27 heavy (non-hydrogen) atoms. The summed E-state index contributed by atoms with van der Waals surface area (Å²) in [7, 11) is 1.60. The first kappa shape index (κ1) is 18.8. The molecule has 0 radical (unpaired) electrons. The second-order valence-electron chi connectivity index (χ2n) is 6.58. The highest BCUT2D eigenvalue weighted by Gasteiger charge is 2.33. The van der Waals surface area contributed by atoms with E-state index in [1.807, 2.05) is 48.5 Å². The van der Waals surface area contributed by atoms with E-state index in [1.54, 1.807) is 12.0 Å². The first-order valence-electron chi connectivity index (χ1n) is 8.91. The quantitative estimate of drug-likeness (QED) is 0.774. The van der Waals surface area contributed by atoms with Crippen LogP contribution in [0.15, 0.2) is 48.5 Å². The number of methoxy groups -OCH3 is 1. The number of nitrogens with zero attached hydrogens (tertiary/aromatic N) is 1. The predicted molar refractivity (Wildman–Crippen MR) is 99.8 cm³/mol. The second kappa shape index (κ2) is 8.58. The fourth-order valence-corrected chi connectivity index (χ4v) is 3.15. The average Bonchev–Trinajstić information content (AvgIpc) is 3.07. The lowest BCUT2D eigenvalue weighted by atomic mass is 10.1. The van der Waals surface area contributed by atoms with Crippen LogP contribution in [0.25, 0.3) is 0 Å². The van der Waals surface area contributed by atoms with Crippen molar-refractivity contribution in [3.8, 4) is 11.5 Å². The minimum Gasteiger partial charge on any atom is -0.497 e. The maximum Gasteiger partial charge on any atom is 0.308 e. The van der Waals surface area contributed by atoms with Gasteiger partial charge in [-0.05, 0) is 23.6 Å². The zero-order valence-corrected chi connectivity index (χ0v) is 15.3. The first-order chi connectivity index (χ1) is 13.1. The molecule has 0 spiro atoms. The van der Waals surface area contributed by atoms with Gasteiger partial charge in [-0.2, -0.15) is 0 Å². The molecular weight excluding hydrogens is 346 g/mol. The number of carboxylic acids is 1. The van der Waals surface area contributed by atoms with E-state index in [4.69, 9.17) is 14.6 Å². The Hall–Kier alpha value is -3.02. The molecule has 0 aliphatic carbocycles. The third-order valence-corrected chi connectivity index (χ3v) is 4.73. The van der Waals surface area contributed by atoms with E-state index in [1.165, 1.54) is 0 Å². The van der Waals surface area contributed by atoms with E-state index in [2.05, 4.69) is 0 Å². The summed E-state index contributed by atoms with van der Waals surface area (Å²) in [5, 5.41) is 9.10. The van der Waals surface area contributed by atoms with Crippen LogP contribution < -0.4 is 9.47 Å². The Labute approximate surface area is 158 Å². The van der Waals surface area contributed by atoms with Gasteiger partial charge in [-0.15, -0.1) is 0 Å². The lowest BCUT2D eigenvalue weighted by Crippen LogP contribution is -2.28. The Morgan fingerprint density at radius 1 is 1.22 bits per heavy atom. The van der Waals surface area contributed by atoms with Crippen molar-refractivity contribution >= 4 is 11.9 Å². The fourth-order valence-electron chi connectivity index (χ4n) is 3.15. The number of amides is 1. The fraction of sp³-hybridized carbons (Fsp3) is 0.333. The van der Waals surface area contributed by atoms with Crippen molar-refractivity contribution in [3.05, 3.63) is 59.7 Å². The summed E-state index contributed by atoms with van der Waals surface area (Å²) in [6.07, 6.45) is 0.668. The van der Waals surface area contributed by atoms with Crippen LogP contribution in [0, 0.1) is 5.92 Å². The molecule has 2 aromatic rings. The number of hydrogen-bond donors (Lipinski definition) is 1. The first-order valence-corrected chi connectivity index (χ1v) is 8.91. The summed E-state index contributed by atoms with van der Waals surface area (Å²) in [5.41, 5.74) is 2.02. The van der Waals surface area contributed by atoms with Gasteiger partial charge in [-0.1, -0.05) is 36.4 Å². The number of likely N-dealkylation sites (tertiary alicyclic amines) is 1. The van der Waals surface area contributed by atoms with Crippen LogP contribution in [0.2, 0.25) is 0 Å². The standard InChI is InChI=1S/C21H23NO5/c1-26-18-8-7-16(9-10-22-13-17(21(24)25)11-20(22)23)19(12-18)27-14-15-5-3-2-4-6-15/h2-8,12,17H,9-11,13-14H2,1H3,(H,24,25). The normalized spacial score (nSPS) is 16.4. The molecule has 6 nitrogen and oxygen atoms in total. The monoisotopic (exact) mass is 369 g/mol. The van der Waals surface area contributed by atoms with Crippen LogP contribution in [-0.2, 0) is 22.6 Å². The summed E-state index contributed by atoms with van der Waals surface area (Å²) in [6.45, 7) is 1.17. The highest BCUT2D eigenvalue weighted by atomic mass is 16.5. The maximum absolute atomic E-state index is 12.0. The van der Waals surface area contributed by atoms with Gasteiger partial charge in [0, 0.05) is 25.6 Å². The van der Waals surface area contributed by atoms with Crippen molar-refractivity contribution in [2.75, 3.05) is 20.2 Å². The summed E-state index contributed by atoms with van der Waals surface area (Å²) in [5.74, 6) is -0.225. The molecule has 1 N–H and O–H groups in total. The lowest BCUT2D eigenvalue weighted by molar-refractivity contribution is -0.141. The van der Waals surface area contributed by atoms with Gasteiger partial charge in [0.05, 0.1) is 13.0 Å². The SMILES string of the molecule is COc1ccc(CCN2CC(C(=O)O)CC2=O)c(OCc2ccccc2)c1. The molecule has 1 aliphatic rings. The van der Waals surface area contributed by atoms with E-state index in [9.17, 15) is 9.59 Å². The highest BCUT2D eigenvalue weighted by molar-refractivity contribution is 5.86. The van der Waals surface area contributed by atoms with Crippen molar-refractivity contribution in [1.82, 2.24) is 4.90 Å². The van der Waals surface area contributed by atoms with Crippen molar-refractivity contribution in [1.29, 1.82) is 0 Å². The lowest BCUT2D eigenvalue weighted by Gasteiger charge is -2.18. The zero-order chi connectivity index (χ0) is 19.2. The minimum atomic E-state index is -0.915. The van der Waals surface area contributed by atoms with Gasteiger partial charge in [-0.25, -0.2) is 0 Å². The Balaban J connectivity index is 1.67. The molecule has 6 heteroatoms. The third kappa shape index (κ3) is 4.78. The van der Waals surface area contributed by atoms with Crippen LogP contribution in [0.3, 0.4) is 0 Å². The molecule has 2 aromatic carbocycles. The van der Waals surface area contributed by atoms with Crippen LogP contribution in [0.5, 0.6) is 11.5 Å². The summed E-state index contributed by atoms with van der Waals surface area (Å²) in [6, 6.07) is 15.5. The number of hydrogen-bond acceptors (Lipinski definition) is 4. The van der Waals surface area contributed by atoms with Crippen LogP contribution in [0.1, 0.15) is 17.5 Å². The van der Waals surface area contributed by atoms with E-state index in [0.717, 1.165) is 11.1 Å². The van der Waals surface area contributed by atoms with Gasteiger partial charge in [0.15, 0.2) is 0 Å². The van der Waals surface area contributed by atoms with Gasteiger partial charge in [0.2, 0.25) is 5.91 Å². The van der Waals surface area contributed by atoms with Crippen molar-refractivity contribution < 1.29 is 24.2 Å². The molecule has 0 aromatic heterocycles. The molecule has 1 aliphatic heterocycles. The van der Waals surface area contributed by atoms with E-state index in [0.29, 0.717) is 31.1 Å². The molecule has 142 valence electrons. The molecule has 1 fully saturated rings. The second-order valence-corrected chi connectivity index (χ2v) is 6.58. The van der Waals surface area contributed by atoms with Crippen molar-refractivity contribution in [2.24, 2.45) is 5.92 Å². The van der Waals surface area contributed by atoms with Gasteiger partial charge in [-0.3, -0.25) is 9.59 Å².